The molecule has 32 heavy (non-hydrogen) atoms. The highest BCUT2D eigenvalue weighted by molar-refractivity contribution is 6.09. The molecule has 0 fully saturated rings. The molecule has 0 unspecified atom stereocenters. The van der Waals surface area contributed by atoms with E-state index in [-0.39, 0.29) is 5.91 Å². The summed E-state index contributed by atoms with van der Waals surface area (Å²) in [5.74, 6) is 1.56. The Labute approximate surface area is 189 Å². The average molecular weight is 425 g/mol. The maximum absolute atomic E-state index is 13.5. The van der Waals surface area contributed by atoms with Crippen molar-refractivity contribution >= 4 is 22.5 Å². The molecule has 4 rings (SSSR count). The van der Waals surface area contributed by atoms with Crippen LogP contribution < -0.4 is 10.1 Å². The van der Waals surface area contributed by atoms with Crippen LogP contribution >= 0.6 is 0 Å². The first-order valence-corrected chi connectivity index (χ1v) is 10.9. The van der Waals surface area contributed by atoms with Crippen molar-refractivity contribution in [2.75, 3.05) is 5.32 Å². The number of benzene rings is 3. The molecule has 0 aliphatic rings. The fourth-order valence-corrected chi connectivity index (χ4v) is 3.97. The number of carbonyl (C=O) groups is 1. The van der Waals surface area contributed by atoms with Gasteiger partial charge >= 0.3 is 0 Å². The lowest BCUT2D eigenvalue weighted by Gasteiger charge is -2.14. The van der Waals surface area contributed by atoms with Gasteiger partial charge < -0.3 is 14.6 Å². The summed E-state index contributed by atoms with van der Waals surface area (Å²) in [5.41, 5.74) is 4.51. The number of aryl methyl sites for hydroxylation is 1. The molecular formula is C28H28N2O2. The predicted molar refractivity (Wildman–Crippen MR) is 132 cm³/mol. The van der Waals surface area contributed by atoms with Crippen LogP contribution in [0.5, 0.6) is 11.5 Å². The molecule has 0 aliphatic heterocycles. The molecular weight excluding hydrogens is 396 g/mol. The summed E-state index contributed by atoms with van der Waals surface area (Å²) in [5, 5.41) is 4.16. The van der Waals surface area contributed by atoms with Crippen molar-refractivity contribution in [3.05, 3.63) is 102 Å². The molecule has 0 saturated heterocycles. The lowest BCUT2D eigenvalue weighted by Crippen LogP contribution is -2.18. The zero-order valence-electron chi connectivity index (χ0n) is 18.8. The van der Waals surface area contributed by atoms with E-state index in [1.54, 1.807) is 0 Å². The molecule has 4 nitrogen and oxygen atoms in total. The Bertz CT molecular complexity index is 1270. The van der Waals surface area contributed by atoms with Crippen LogP contribution in [0.4, 0.5) is 5.69 Å². The standard InChI is InChI=1S/C28H28N2O2/c1-5-17-30-25-16-15-21(19(2)3)18-23(25)20(4)27(30)28(31)29-24-13-9-10-14-26(24)32-22-11-7-6-8-12-22/h5-16,18-19H,1,17H2,2-4H3,(H,29,31). The molecule has 3 aromatic carbocycles. The van der Waals surface area contributed by atoms with Crippen LogP contribution in [0.25, 0.3) is 10.9 Å². The molecule has 4 aromatic rings. The Morgan fingerprint density at radius 1 is 1.06 bits per heavy atom. The van der Waals surface area contributed by atoms with Gasteiger partial charge in [0.05, 0.1) is 5.69 Å². The molecule has 1 amide bonds. The highest BCUT2D eigenvalue weighted by Gasteiger charge is 2.21. The van der Waals surface area contributed by atoms with Gasteiger partial charge in [-0.3, -0.25) is 4.79 Å². The number of carbonyl (C=O) groups excluding carboxylic acids is 1. The van der Waals surface area contributed by atoms with Gasteiger partial charge in [0.1, 0.15) is 11.4 Å². The topological polar surface area (TPSA) is 43.3 Å². The van der Waals surface area contributed by atoms with Crippen molar-refractivity contribution in [1.29, 1.82) is 0 Å². The maximum Gasteiger partial charge on any atom is 0.272 e. The van der Waals surface area contributed by atoms with Gasteiger partial charge in [0.15, 0.2) is 5.75 Å². The Kier molecular flexibility index (Phi) is 6.13. The molecule has 0 bridgehead atoms. The smallest absolute Gasteiger partial charge is 0.272 e. The third kappa shape index (κ3) is 4.17. The maximum atomic E-state index is 13.5. The second-order valence-corrected chi connectivity index (χ2v) is 8.17. The molecule has 0 spiro atoms. The average Bonchev–Trinajstić information content (AvgIpc) is 3.07. The van der Waals surface area contributed by atoms with E-state index in [9.17, 15) is 4.79 Å². The fourth-order valence-electron chi connectivity index (χ4n) is 3.97. The van der Waals surface area contributed by atoms with Gasteiger partial charge in [-0.15, -0.1) is 6.58 Å². The van der Waals surface area contributed by atoms with E-state index in [1.807, 2.05) is 72.2 Å². The van der Waals surface area contributed by atoms with Crippen molar-refractivity contribution in [2.45, 2.75) is 33.2 Å². The number of para-hydroxylation sites is 3. The van der Waals surface area contributed by atoms with Crippen LogP contribution in [0.2, 0.25) is 0 Å². The zero-order valence-corrected chi connectivity index (χ0v) is 18.8. The third-order valence-electron chi connectivity index (χ3n) is 5.64. The number of amides is 1. The molecule has 162 valence electrons. The van der Waals surface area contributed by atoms with Gasteiger partial charge in [0.2, 0.25) is 0 Å². The minimum atomic E-state index is -0.171. The van der Waals surface area contributed by atoms with Gasteiger partial charge in [-0.25, -0.2) is 0 Å². The Balaban J connectivity index is 1.73. The molecule has 0 radical (unpaired) electrons. The van der Waals surface area contributed by atoms with Crippen LogP contribution in [0, 0.1) is 6.92 Å². The van der Waals surface area contributed by atoms with E-state index < -0.39 is 0 Å². The molecule has 1 heterocycles. The summed E-state index contributed by atoms with van der Waals surface area (Å²) >= 11 is 0. The number of fused-ring (bicyclic) bond motifs is 1. The number of rotatable bonds is 7. The Morgan fingerprint density at radius 2 is 1.78 bits per heavy atom. The number of allylic oxidation sites excluding steroid dienone is 1. The van der Waals surface area contributed by atoms with Crippen LogP contribution in [0.3, 0.4) is 0 Å². The Hall–Kier alpha value is -3.79. The van der Waals surface area contributed by atoms with E-state index in [0.717, 1.165) is 16.5 Å². The van der Waals surface area contributed by atoms with Crippen molar-refractivity contribution in [3.8, 4) is 11.5 Å². The van der Waals surface area contributed by atoms with Gasteiger partial charge in [-0.05, 0) is 60.4 Å². The zero-order chi connectivity index (χ0) is 22.7. The summed E-state index contributed by atoms with van der Waals surface area (Å²) in [4.78, 5) is 13.5. The van der Waals surface area contributed by atoms with E-state index >= 15 is 0 Å². The quantitative estimate of drug-likeness (QED) is 0.316. The summed E-state index contributed by atoms with van der Waals surface area (Å²) in [7, 11) is 0. The van der Waals surface area contributed by atoms with E-state index in [1.165, 1.54) is 5.56 Å². The summed E-state index contributed by atoms with van der Waals surface area (Å²) in [6.45, 7) is 10.8. The van der Waals surface area contributed by atoms with Crippen LogP contribution in [0.1, 0.15) is 41.4 Å². The summed E-state index contributed by atoms with van der Waals surface area (Å²) in [6.07, 6.45) is 1.82. The molecule has 0 atom stereocenters. The minimum absolute atomic E-state index is 0.171. The van der Waals surface area contributed by atoms with E-state index in [2.05, 4.69) is 43.9 Å². The SMILES string of the molecule is C=CCn1c(C(=O)Nc2ccccc2Oc2ccccc2)c(C)c2cc(C(C)C)ccc21. The van der Waals surface area contributed by atoms with Gasteiger partial charge in [0, 0.05) is 17.4 Å². The number of ether oxygens (including phenoxy) is 1. The van der Waals surface area contributed by atoms with Crippen molar-refractivity contribution in [2.24, 2.45) is 0 Å². The molecule has 0 aliphatic carbocycles. The first kappa shape index (κ1) is 21.4. The number of nitrogens with zero attached hydrogens (tertiary/aromatic N) is 1. The number of hydrogen-bond acceptors (Lipinski definition) is 2. The lowest BCUT2D eigenvalue weighted by molar-refractivity contribution is 0.101. The highest BCUT2D eigenvalue weighted by atomic mass is 16.5. The fraction of sp³-hybridized carbons (Fsp3) is 0.179. The second-order valence-electron chi connectivity index (χ2n) is 8.17. The molecule has 1 N–H and O–H groups in total. The van der Waals surface area contributed by atoms with Crippen molar-refractivity contribution < 1.29 is 9.53 Å². The Morgan fingerprint density at radius 3 is 2.50 bits per heavy atom. The minimum Gasteiger partial charge on any atom is -0.455 e. The number of hydrogen-bond donors (Lipinski definition) is 1. The van der Waals surface area contributed by atoms with Crippen molar-refractivity contribution in [1.82, 2.24) is 4.57 Å². The first-order chi connectivity index (χ1) is 15.5. The predicted octanol–water partition coefficient (Wildman–Crippen LogP) is 7.30. The first-order valence-electron chi connectivity index (χ1n) is 10.9. The number of anilines is 1. The van der Waals surface area contributed by atoms with Gasteiger partial charge in [-0.2, -0.15) is 0 Å². The van der Waals surface area contributed by atoms with Crippen LogP contribution in [-0.4, -0.2) is 10.5 Å². The highest BCUT2D eigenvalue weighted by Crippen LogP contribution is 2.32. The number of aromatic nitrogens is 1. The van der Waals surface area contributed by atoms with Crippen molar-refractivity contribution in [3.63, 3.8) is 0 Å². The molecule has 0 saturated carbocycles. The summed E-state index contributed by atoms with van der Waals surface area (Å²) in [6, 6.07) is 23.4. The molecule has 4 heteroatoms. The third-order valence-corrected chi connectivity index (χ3v) is 5.64. The lowest BCUT2D eigenvalue weighted by atomic mass is 10.0. The van der Waals surface area contributed by atoms with E-state index in [4.69, 9.17) is 4.74 Å². The van der Waals surface area contributed by atoms with Gasteiger partial charge in [0.25, 0.3) is 5.91 Å². The second kappa shape index (κ2) is 9.15. The van der Waals surface area contributed by atoms with E-state index in [0.29, 0.717) is 35.3 Å². The summed E-state index contributed by atoms with van der Waals surface area (Å²) < 4.78 is 8.04. The van der Waals surface area contributed by atoms with Gasteiger partial charge in [-0.1, -0.05) is 56.3 Å². The normalized spacial score (nSPS) is 11.0. The number of nitrogens with one attached hydrogen (secondary N) is 1. The van der Waals surface area contributed by atoms with Crippen LogP contribution in [0.15, 0.2) is 85.5 Å². The molecule has 1 aromatic heterocycles. The largest absolute Gasteiger partial charge is 0.455 e. The monoisotopic (exact) mass is 424 g/mol. The van der Waals surface area contributed by atoms with Crippen LogP contribution in [-0.2, 0) is 6.54 Å².